The van der Waals surface area contributed by atoms with Crippen LogP contribution in [0, 0.1) is 17.8 Å². The van der Waals surface area contributed by atoms with E-state index >= 15 is 0 Å². The van der Waals surface area contributed by atoms with Gasteiger partial charge in [0.15, 0.2) is 5.78 Å². The first kappa shape index (κ1) is 16.5. The van der Waals surface area contributed by atoms with E-state index in [9.17, 15) is 15.0 Å². The van der Waals surface area contributed by atoms with Crippen LogP contribution in [0.1, 0.15) is 36.6 Å². The monoisotopic (exact) mass is 354 g/mol. The van der Waals surface area contributed by atoms with Crippen molar-refractivity contribution in [3.05, 3.63) is 35.5 Å². The molecule has 0 unspecified atom stereocenters. The normalized spacial score (nSPS) is 34.2. The van der Waals surface area contributed by atoms with Crippen LogP contribution in [0.15, 0.2) is 24.3 Å². The molecule has 1 aromatic carbocycles. The third-order valence-corrected chi connectivity index (χ3v) is 7.08. The fraction of sp³-hybridized carbons (Fsp3) is 0.571. The fourth-order valence-corrected chi connectivity index (χ4v) is 5.89. The average Bonchev–Trinajstić information content (AvgIpc) is 3.05. The third kappa shape index (κ3) is 2.38. The summed E-state index contributed by atoms with van der Waals surface area (Å²) >= 11 is 0. The van der Waals surface area contributed by atoms with Gasteiger partial charge in [0.2, 0.25) is 0 Å². The summed E-state index contributed by atoms with van der Waals surface area (Å²) in [6.07, 6.45) is 3.00. The molecule has 5 atom stereocenters. The molecular weight excluding hydrogens is 328 g/mol. The highest BCUT2D eigenvalue weighted by Crippen LogP contribution is 2.49. The summed E-state index contributed by atoms with van der Waals surface area (Å²) in [5.74, 6) is 0.0158. The average molecular weight is 354 g/mol. The number of aromatic amines is 1. The molecule has 138 valence electrons. The van der Waals surface area contributed by atoms with Crippen molar-refractivity contribution in [1.82, 2.24) is 9.88 Å². The minimum absolute atomic E-state index is 0.164. The number of aromatic nitrogens is 1. The number of fused-ring (bicyclic) bond motifs is 6. The second-order valence-corrected chi connectivity index (χ2v) is 8.28. The van der Waals surface area contributed by atoms with E-state index in [2.05, 4.69) is 34.1 Å². The van der Waals surface area contributed by atoms with Gasteiger partial charge in [-0.15, -0.1) is 0 Å². The predicted octanol–water partition coefficient (Wildman–Crippen LogP) is 2.04. The molecule has 5 nitrogen and oxygen atoms in total. The molecule has 2 aromatic rings. The van der Waals surface area contributed by atoms with Gasteiger partial charge in [0.1, 0.15) is 6.61 Å². The van der Waals surface area contributed by atoms with Crippen molar-refractivity contribution in [2.75, 3.05) is 19.7 Å². The Morgan fingerprint density at radius 2 is 2.12 bits per heavy atom. The number of aliphatic hydroxyl groups is 2. The Bertz CT molecular complexity index is 845. The van der Waals surface area contributed by atoms with Crippen molar-refractivity contribution >= 4 is 16.7 Å². The van der Waals surface area contributed by atoms with E-state index < -0.39 is 18.6 Å². The van der Waals surface area contributed by atoms with Gasteiger partial charge >= 0.3 is 0 Å². The second-order valence-electron chi connectivity index (χ2n) is 8.28. The Kier molecular flexibility index (Phi) is 3.92. The topological polar surface area (TPSA) is 76.6 Å². The summed E-state index contributed by atoms with van der Waals surface area (Å²) in [7, 11) is 0. The van der Waals surface area contributed by atoms with Crippen molar-refractivity contribution in [2.45, 2.75) is 37.8 Å². The number of nitrogens with one attached hydrogen (secondary N) is 1. The highest BCUT2D eigenvalue weighted by molar-refractivity contribution is 5.85. The maximum absolute atomic E-state index is 12.3. The van der Waals surface area contributed by atoms with E-state index in [0.29, 0.717) is 12.3 Å². The van der Waals surface area contributed by atoms with Crippen molar-refractivity contribution < 1.29 is 15.0 Å². The van der Waals surface area contributed by atoms with E-state index in [1.165, 1.54) is 22.2 Å². The van der Waals surface area contributed by atoms with Crippen molar-refractivity contribution in [3.63, 3.8) is 0 Å². The minimum atomic E-state index is -0.603. The molecule has 5 heteroatoms. The van der Waals surface area contributed by atoms with Crippen LogP contribution in [0.4, 0.5) is 0 Å². The lowest BCUT2D eigenvalue weighted by Crippen LogP contribution is -2.53. The number of para-hydroxylation sites is 1. The first-order valence-corrected chi connectivity index (χ1v) is 9.82. The number of carbonyl (C=O) groups excluding carboxylic acids is 1. The zero-order valence-electron chi connectivity index (χ0n) is 14.9. The smallest absolute Gasteiger partial charge is 0.164 e. The van der Waals surface area contributed by atoms with Gasteiger partial charge in [-0.25, -0.2) is 0 Å². The number of benzene rings is 1. The van der Waals surface area contributed by atoms with Gasteiger partial charge < -0.3 is 15.2 Å². The quantitative estimate of drug-likeness (QED) is 0.771. The van der Waals surface area contributed by atoms with Crippen LogP contribution in [0.3, 0.4) is 0 Å². The van der Waals surface area contributed by atoms with E-state index in [1.807, 2.05) is 0 Å². The lowest BCUT2D eigenvalue weighted by molar-refractivity contribution is -0.139. The molecule has 0 radical (unpaired) electrons. The number of aliphatic hydroxyl groups excluding tert-OH is 2. The third-order valence-electron chi connectivity index (χ3n) is 7.08. The number of H-pyrrole nitrogens is 1. The molecule has 3 aliphatic rings. The number of hydrogen-bond acceptors (Lipinski definition) is 4. The number of carbonyl (C=O) groups is 1. The molecule has 5 rings (SSSR count). The highest BCUT2D eigenvalue weighted by atomic mass is 16.3. The Morgan fingerprint density at radius 1 is 1.27 bits per heavy atom. The molecule has 0 bridgehead atoms. The number of hydrogen-bond donors (Lipinski definition) is 3. The summed E-state index contributed by atoms with van der Waals surface area (Å²) < 4.78 is 0. The summed E-state index contributed by atoms with van der Waals surface area (Å²) in [5.41, 5.74) is 3.90. The van der Waals surface area contributed by atoms with Gasteiger partial charge in [-0.2, -0.15) is 0 Å². The summed E-state index contributed by atoms with van der Waals surface area (Å²) in [5, 5.41) is 21.2. The molecule has 0 amide bonds. The lowest BCUT2D eigenvalue weighted by Gasteiger charge is -2.51. The van der Waals surface area contributed by atoms with Gasteiger partial charge in [-0.1, -0.05) is 18.2 Å². The minimum Gasteiger partial charge on any atom is -0.392 e. The molecule has 1 aromatic heterocycles. The van der Waals surface area contributed by atoms with E-state index in [0.717, 1.165) is 32.4 Å². The van der Waals surface area contributed by atoms with Crippen molar-refractivity contribution in [2.24, 2.45) is 17.8 Å². The Morgan fingerprint density at radius 3 is 2.96 bits per heavy atom. The van der Waals surface area contributed by atoms with Gasteiger partial charge in [-0.3, -0.25) is 9.69 Å². The summed E-state index contributed by atoms with van der Waals surface area (Å²) in [4.78, 5) is 18.6. The van der Waals surface area contributed by atoms with Gasteiger partial charge in [0.05, 0.1) is 12.1 Å². The Labute approximate surface area is 153 Å². The SMILES string of the molecule is O=C(CO)[C@@H]1[C@H]2C[C@H]3c4[nH]c5ccccc5c4CCN3C[C@@H]2CC[C@@H]1O. The maximum Gasteiger partial charge on any atom is 0.164 e. The van der Waals surface area contributed by atoms with Crippen LogP contribution in [0.2, 0.25) is 0 Å². The number of ketones is 1. The summed E-state index contributed by atoms with van der Waals surface area (Å²) in [6.45, 7) is 1.59. The number of rotatable bonds is 2. The Balaban J connectivity index is 1.52. The summed E-state index contributed by atoms with van der Waals surface area (Å²) in [6, 6.07) is 8.76. The molecule has 3 N–H and O–H groups in total. The molecule has 1 saturated heterocycles. The number of piperidine rings is 1. The van der Waals surface area contributed by atoms with Crippen LogP contribution < -0.4 is 0 Å². The highest BCUT2D eigenvalue weighted by Gasteiger charge is 2.48. The largest absolute Gasteiger partial charge is 0.392 e. The zero-order chi connectivity index (χ0) is 17.8. The zero-order valence-corrected chi connectivity index (χ0v) is 14.9. The molecule has 2 fully saturated rings. The van der Waals surface area contributed by atoms with Crippen molar-refractivity contribution in [3.8, 4) is 0 Å². The first-order valence-electron chi connectivity index (χ1n) is 9.82. The molecular formula is C21H26N2O3. The van der Waals surface area contributed by atoms with Crippen LogP contribution in [-0.2, 0) is 11.2 Å². The van der Waals surface area contributed by atoms with Crippen LogP contribution in [0.5, 0.6) is 0 Å². The maximum atomic E-state index is 12.3. The number of Topliss-reactive ketones (excluding diaryl/α,β-unsaturated/α-hetero) is 1. The molecule has 0 spiro atoms. The molecule has 26 heavy (non-hydrogen) atoms. The van der Waals surface area contributed by atoms with E-state index in [4.69, 9.17) is 0 Å². The van der Waals surface area contributed by atoms with Crippen LogP contribution in [-0.4, -0.2) is 51.7 Å². The number of nitrogens with zero attached hydrogens (tertiary/aromatic N) is 1. The van der Waals surface area contributed by atoms with E-state index in [-0.39, 0.29) is 17.7 Å². The Hall–Kier alpha value is -1.69. The van der Waals surface area contributed by atoms with Crippen molar-refractivity contribution in [1.29, 1.82) is 0 Å². The lowest BCUT2D eigenvalue weighted by atomic mass is 9.63. The van der Waals surface area contributed by atoms with Crippen LogP contribution >= 0.6 is 0 Å². The van der Waals surface area contributed by atoms with Gasteiger partial charge in [0.25, 0.3) is 0 Å². The predicted molar refractivity (Wildman–Crippen MR) is 98.7 cm³/mol. The molecule has 1 aliphatic carbocycles. The molecule has 1 saturated carbocycles. The van der Waals surface area contributed by atoms with E-state index in [1.54, 1.807) is 0 Å². The first-order chi connectivity index (χ1) is 12.7. The second kappa shape index (κ2) is 6.19. The molecule has 2 aliphatic heterocycles. The fourth-order valence-electron chi connectivity index (χ4n) is 5.89. The molecule has 3 heterocycles. The standard InChI is InChI=1S/C21H26N2O3/c24-11-19(26)20-15-9-17-21-14(13-3-1-2-4-16(13)22-21)7-8-23(17)10-12(15)5-6-18(20)25/h1-4,12,15,17-18,20,22,24-25H,5-11H2/t12-,15-,17-,18-,20+/m0/s1. The van der Waals surface area contributed by atoms with Gasteiger partial charge in [0, 0.05) is 35.6 Å². The van der Waals surface area contributed by atoms with Gasteiger partial charge in [-0.05, 0) is 49.1 Å². The van der Waals surface area contributed by atoms with Crippen LogP contribution in [0.25, 0.3) is 10.9 Å².